The smallest absolute Gasteiger partial charge is 0.309 e. The first kappa shape index (κ1) is 14.4. The summed E-state index contributed by atoms with van der Waals surface area (Å²) in [6.07, 6.45) is 1.06. The third-order valence-corrected chi connectivity index (χ3v) is 3.05. The number of benzene rings is 1. The zero-order valence-corrected chi connectivity index (χ0v) is 11.3. The fourth-order valence-electron chi connectivity index (χ4n) is 1.78. The van der Waals surface area contributed by atoms with Crippen molar-refractivity contribution < 1.29 is 19.7 Å². The Balaban J connectivity index is 3.19. The lowest BCUT2D eigenvalue weighted by Crippen LogP contribution is -2.26. The molecule has 0 bridgehead atoms. The van der Waals surface area contributed by atoms with Gasteiger partial charge in [-0.3, -0.25) is 4.79 Å². The van der Waals surface area contributed by atoms with Gasteiger partial charge in [-0.15, -0.1) is 0 Å². The molecule has 1 aromatic rings. The predicted octanol–water partition coefficient (Wildman–Crippen LogP) is 2.62. The first-order valence-electron chi connectivity index (χ1n) is 5.94. The van der Waals surface area contributed by atoms with E-state index in [2.05, 4.69) is 0 Å². The molecular formula is C14H20O4. The third kappa shape index (κ3) is 2.94. The van der Waals surface area contributed by atoms with E-state index < -0.39 is 11.4 Å². The minimum Gasteiger partial charge on any atom is -0.504 e. The van der Waals surface area contributed by atoms with E-state index in [-0.39, 0.29) is 12.2 Å². The lowest BCUT2D eigenvalue weighted by molar-refractivity contribution is -0.146. The molecule has 0 fully saturated rings. The van der Waals surface area contributed by atoms with E-state index in [0.717, 1.165) is 12.0 Å². The van der Waals surface area contributed by atoms with Gasteiger partial charge < -0.3 is 14.9 Å². The number of rotatable bonds is 5. The number of ether oxygens (including phenoxy) is 1. The molecule has 18 heavy (non-hydrogen) atoms. The molecule has 0 amide bonds. The Morgan fingerprint density at radius 3 is 2.44 bits per heavy atom. The lowest BCUT2D eigenvalue weighted by Gasteiger charge is -2.21. The molecule has 0 radical (unpaired) electrons. The van der Waals surface area contributed by atoms with Gasteiger partial charge in [0, 0.05) is 0 Å². The minimum atomic E-state index is -0.922. The van der Waals surface area contributed by atoms with E-state index in [1.807, 2.05) is 13.0 Å². The zero-order valence-electron chi connectivity index (χ0n) is 11.3. The van der Waals surface area contributed by atoms with Gasteiger partial charge in [0.15, 0.2) is 11.5 Å². The molecule has 0 atom stereocenters. The zero-order chi connectivity index (χ0) is 13.9. The Labute approximate surface area is 107 Å². The van der Waals surface area contributed by atoms with E-state index in [1.165, 1.54) is 7.11 Å². The molecule has 0 heterocycles. The predicted molar refractivity (Wildman–Crippen MR) is 69.2 cm³/mol. The second kappa shape index (κ2) is 5.29. The molecule has 4 nitrogen and oxygen atoms in total. The number of carboxylic acids is 1. The van der Waals surface area contributed by atoms with Crippen LogP contribution in [0.4, 0.5) is 0 Å². The summed E-state index contributed by atoms with van der Waals surface area (Å²) in [6, 6.07) is 3.61. The SMILES string of the molecule is CCc1cc(CC(C)(C)C(=O)O)c(O)c(OC)c1. The summed E-state index contributed by atoms with van der Waals surface area (Å²) in [4.78, 5) is 11.1. The van der Waals surface area contributed by atoms with E-state index >= 15 is 0 Å². The monoisotopic (exact) mass is 252 g/mol. The molecule has 4 heteroatoms. The van der Waals surface area contributed by atoms with Crippen LogP contribution in [0.3, 0.4) is 0 Å². The van der Waals surface area contributed by atoms with Gasteiger partial charge in [0.2, 0.25) is 0 Å². The Hall–Kier alpha value is -1.71. The van der Waals surface area contributed by atoms with E-state index in [4.69, 9.17) is 9.84 Å². The highest BCUT2D eigenvalue weighted by molar-refractivity contribution is 5.74. The largest absolute Gasteiger partial charge is 0.504 e. The molecule has 0 spiro atoms. The Morgan fingerprint density at radius 1 is 1.39 bits per heavy atom. The molecule has 0 saturated heterocycles. The quantitative estimate of drug-likeness (QED) is 0.845. The summed E-state index contributed by atoms with van der Waals surface area (Å²) in [7, 11) is 1.49. The van der Waals surface area contributed by atoms with Crippen LogP contribution in [0.25, 0.3) is 0 Å². The normalized spacial score (nSPS) is 11.3. The Bertz CT molecular complexity index is 449. The number of carboxylic acid groups (broad SMARTS) is 1. The molecule has 0 aromatic heterocycles. The number of carbonyl (C=O) groups is 1. The summed E-state index contributed by atoms with van der Waals surface area (Å²) >= 11 is 0. The fourth-order valence-corrected chi connectivity index (χ4v) is 1.78. The molecule has 100 valence electrons. The average Bonchev–Trinajstić information content (AvgIpc) is 2.31. The molecule has 1 rings (SSSR count). The van der Waals surface area contributed by atoms with Crippen molar-refractivity contribution in [3.63, 3.8) is 0 Å². The van der Waals surface area contributed by atoms with Gasteiger partial charge in [0.05, 0.1) is 12.5 Å². The highest BCUT2D eigenvalue weighted by Crippen LogP contribution is 2.35. The topological polar surface area (TPSA) is 66.8 Å². The molecule has 0 saturated carbocycles. The van der Waals surface area contributed by atoms with Crippen LogP contribution in [0.2, 0.25) is 0 Å². The van der Waals surface area contributed by atoms with Crippen LogP contribution in [0.1, 0.15) is 31.9 Å². The van der Waals surface area contributed by atoms with Gasteiger partial charge in [-0.05, 0) is 43.9 Å². The Morgan fingerprint density at radius 2 is 2.00 bits per heavy atom. The van der Waals surface area contributed by atoms with Gasteiger partial charge in [-0.1, -0.05) is 13.0 Å². The summed E-state index contributed by atoms with van der Waals surface area (Å²) in [5.41, 5.74) is 0.703. The maximum atomic E-state index is 11.1. The second-order valence-corrected chi connectivity index (χ2v) is 5.03. The highest BCUT2D eigenvalue weighted by atomic mass is 16.5. The molecule has 0 aliphatic heterocycles. The number of aryl methyl sites for hydroxylation is 1. The van der Waals surface area contributed by atoms with Crippen LogP contribution in [-0.2, 0) is 17.6 Å². The van der Waals surface area contributed by atoms with Gasteiger partial charge in [-0.25, -0.2) is 0 Å². The summed E-state index contributed by atoms with van der Waals surface area (Å²) in [6.45, 7) is 5.28. The first-order chi connectivity index (χ1) is 8.31. The molecular weight excluding hydrogens is 232 g/mol. The second-order valence-electron chi connectivity index (χ2n) is 5.03. The van der Waals surface area contributed by atoms with E-state index in [0.29, 0.717) is 11.3 Å². The number of aromatic hydroxyl groups is 1. The Kier molecular flexibility index (Phi) is 4.22. The summed E-state index contributed by atoms with van der Waals surface area (Å²) in [5, 5.41) is 19.2. The van der Waals surface area contributed by atoms with Crippen LogP contribution < -0.4 is 4.74 Å². The van der Waals surface area contributed by atoms with Gasteiger partial charge >= 0.3 is 5.97 Å². The number of hydrogen-bond donors (Lipinski definition) is 2. The van der Waals surface area contributed by atoms with Crippen LogP contribution in [0.5, 0.6) is 11.5 Å². The molecule has 2 N–H and O–H groups in total. The average molecular weight is 252 g/mol. The van der Waals surface area contributed by atoms with Crippen molar-refractivity contribution in [2.75, 3.05) is 7.11 Å². The van der Waals surface area contributed by atoms with Crippen LogP contribution in [0, 0.1) is 5.41 Å². The van der Waals surface area contributed by atoms with E-state index in [9.17, 15) is 9.90 Å². The van der Waals surface area contributed by atoms with Gasteiger partial charge in [0.1, 0.15) is 0 Å². The highest BCUT2D eigenvalue weighted by Gasteiger charge is 2.29. The summed E-state index contributed by atoms with van der Waals surface area (Å²) in [5.74, 6) is -0.461. The number of aliphatic carboxylic acids is 1. The molecule has 0 aliphatic carbocycles. The van der Waals surface area contributed by atoms with Crippen molar-refractivity contribution in [1.29, 1.82) is 0 Å². The maximum absolute atomic E-state index is 11.1. The van der Waals surface area contributed by atoms with Crippen LogP contribution in [-0.4, -0.2) is 23.3 Å². The first-order valence-corrected chi connectivity index (χ1v) is 5.94. The van der Waals surface area contributed by atoms with Gasteiger partial charge in [0.25, 0.3) is 0 Å². The molecule has 1 aromatic carbocycles. The van der Waals surface area contributed by atoms with Crippen molar-refractivity contribution >= 4 is 5.97 Å². The third-order valence-electron chi connectivity index (χ3n) is 3.05. The van der Waals surface area contributed by atoms with Crippen molar-refractivity contribution in [3.05, 3.63) is 23.3 Å². The molecule has 0 unspecified atom stereocenters. The number of phenols is 1. The maximum Gasteiger partial charge on any atom is 0.309 e. The fraction of sp³-hybridized carbons (Fsp3) is 0.500. The standard InChI is InChI=1S/C14H20O4/c1-5-9-6-10(8-14(2,3)13(16)17)12(15)11(7-9)18-4/h6-7,15H,5,8H2,1-4H3,(H,16,17). The number of methoxy groups -OCH3 is 1. The minimum absolute atomic E-state index is 0.0315. The van der Waals surface area contributed by atoms with Gasteiger partial charge in [-0.2, -0.15) is 0 Å². The van der Waals surface area contributed by atoms with E-state index in [1.54, 1.807) is 19.9 Å². The van der Waals surface area contributed by atoms with Crippen molar-refractivity contribution in [1.82, 2.24) is 0 Å². The van der Waals surface area contributed by atoms with Crippen molar-refractivity contribution in [3.8, 4) is 11.5 Å². The number of phenolic OH excluding ortho intramolecular Hbond substituents is 1. The molecule has 0 aliphatic rings. The van der Waals surface area contributed by atoms with Crippen molar-refractivity contribution in [2.45, 2.75) is 33.6 Å². The lowest BCUT2D eigenvalue weighted by atomic mass is 9.85. The van der Waals surface area contributed by atoms with Crippen molar-refractivity contribution in [2.24, 2.45) is 5.41 Å². The number of hydrogen-bond acceptors (Lipinski definition) is 3. The van der Waals surface area contributed by atoms with Crippen LogP contribution >= 0.6 is 0 Å². The summed E-state index contributed by atoms with van der Waals surface area (Å²) < 4.78 is 5.11. The van der Waals surface area contributed by atoms with Crippen LogP contribution in [0.15, 0.2) is 12.1 Å².